The second-order valence-corrected chi connectivity index (χ2v) is 4.82. The third-order valence-electron chi connectivity index (χ3n) is 3.77. The molecule has 5 heteroatoms. The highest BCUT2D eigenvalue weighted by atomic mass is 19.3. The number of hydrogen-bond acceptors (Lipinski definition) is 2. The molecule has 0 aromatic heterocycles. The molecule has 0 aromatic rings. The molecule has 1 aliphatic carbocycles. The zero-order valence-electron chi connectivity index (χ0n) is 9.98. The minimum Gasteiger partial charge on any atom is -0.317 e. The van der Waals surface area contributed by atoms with Crippen LogP contribution in [0, 0.1) is 16.7 Å². The van der Waals surface area contributed by atoms with E-state index >= 15 is 0 Å². The van der Waals surface area contributed by atoms with Crippen molar-refractivity contribution in [3.05, 3.63) is 23.6 Å². The Bertz CT molecular complexity index is 426. The molecule has 2 aliphatic rings. The van der Waals surface area contributed by atoms with Crippen LogP contribution in [0.2, 0.25) is 0 Å². The first-order chi connectivity index (χ1) is 8.52. The van der Waals surface area contributed by atoms with Crippen molar-refractivity contribution in [3.63, 3.8) is 0 Å². The predicted molar refractivity (Wildman–Crippen MR) is 61.6 cm³/mol. The van der Waals surface area contributed by atoms with Gasteiger partial charge in [-0.1, -0.05) is 6.08 Å². The number of hydrogen-bond donors (Lipinski definition) is 1. The van der Waals surface area contributed by atoms with Gasteiger partial charge < -0.3 is 5.32 Å². The average molecular weight is 256 g/mol. The Kier molecular flexibility index (Phi) is 3.49. The fourth-order valence-electron chi connectivity index (χ4n) is 2.53. The first kappa shape index (κ1) is 13.2. The summed E-state index contributed by atoms with van der Waals surface area (Å²) in [4.78, 5) is 0. The number of alkyl halides is 2. The Morgan fingerprint density at radius 3 is 2.39 bits per heavy atom. The van der Waals surface area contributed by atoms with Crippen LogP contribution in [0.3, 0.4) is 0 Å². The van der Waals surface area contributed by atoms with Crippen LogP contribution in [-0.2, 0) is 0 Å². The summed E-state index contributed by atoms with van der Waals surface area (Å²) < 4.78 is 41.9. The van der Waals surface area contributed by atoms with Crippen molar-refractivity contribution in [3.8, 4) is 6.07 Å². The first-order valence-electron chi connectivity index (χ1n) is 6.07. The normalized spacial score (nSPS) is 23.9. The van der Waals surface area contributed by atoms with Gasteiger partial charge in [-0.3, -0.25) is 0 Å². The predicted octanol–water partition coefficient (Wildman–Crippen LogP) is 3.09. The second-order valence-electron chi connectivity index (χ2n) is 4.82. The molecule has 0 saturated carbocycles. The second kappa shape index (κ2) is 4.77. The number of nitriles is 1. The lowest BCUT2D eigenvalue weighted by Gasteiger charge is -2.39. The Morgan fingerprint density at radius 1 is 1.22 bits per heavy atom. The van der Waals surface area contributed by atoms with Crippen LogP contribution in [-0.4, -0.2) is 19.0 Å². The lowest BCUT2D eigenvalue weighted by molar-refractivity contribution is -0.0758. The molecule has 1 fully saturated rings. The zero-order chi connectivity index (χ0) is 13.2. The standard InChI is InChI=1S/C13H15F3N2/c14-11-3-1-10(2-4-11)13(15,16)12(9-17)5-7-18-8-6-12/h1,3,18H,2,4-8H2. The van der Waals surface area contributed by atoms with Gasteiger partial charge in [-0.2, -0.15) is 14.0 Å². The Hall–Kier alpha value is -1.28. The minimum atomic E-state index is -3.18. The maximum absolute atomic E-state index is 14.5. The molecule has 1 aliphatic heterocycles. The van der Waals surface area contributed by atoms with Crippen molar-refractivity contribution in [2.24, 2.45) is 5.41 Å². The van der Waals surface area contributed by atoms with E-state index in [9.17, 15) is 18.4 Å². The number of allylic oxidation sites excluding steroid dienone is 4. The van der Waals surface area contributed by atoms with Gasteiger partial charge in [0.2, 0.25) is 0 Å². The van der Waals surface area contributed by atoms with E-state index < -0.39 is 11.3 Å². The maximum Gasteiger partial charge on any atom is 0.288 e. The van der Waals surface area contributed by atoms with E-state index in [1.165, 1.54) is 0 Å². The topological polar surface area (TPSA) is 35.8 Å². The van der Waals surface area contributed by atoms with Gasteiger partial charge in [0.15, 0.2) is 0 Å². The summed E-state index contributed by atoms with van der Waals surface area (Å²) in [7, 11) is 0. The summed E-state index contributed by atoms with van der Waals surface area (Å²) in [6.45, 7) is 0.835. The summed E-state index contributed by atoms with van der Waals surface area (Å²) in [6, 6.07) is 1.82. The van der Waals surface area contributed by atoms with Crippen molar-refractivity contribution >= 4 is 0 Å². The van der Waals surface area contributed by atoms with Gasteiger partial charge in [0.1, 0.15) is 11.2 Å². The number of halogens is 3. The molecule has 0 unspecified atom stereocenters. The molecule has 1 heterocycles. The van der Waals surface area contributed by atoms with Crippen LogP contribution in [0.5, 0.6) is 0 Å². The fourth-order valence-corrected chi connectivity index (χ4v) is 2.53. The molecule has 98 valence electrons. The number of nitrogens with zero attached hydrogens (tertiary/aromatic N) is 1. The Morgan fingerprint density at radius 2 is 1.89 bits per heavy atom. The lowest BCUT2D eigenvalue weighted by Crippen LogP contribution is -2.48. The Labute approximate surface area is 104 Å². The summed E-state index contributed by atoms with van der Waals surface area (Å²) in [5.74, 6) is -3.56. The minimum absolute atomic E-state index is 0.00117. The van der Waals surface area contributed by atoms with Crippen LogP contribution in [0.25, 0.3) is 0 Å². The quantitative estimate of drug-likeness (QED) is 0.824. The van der Waals surface area contributed by atoms with Crippen LogP contribution in [0.1, 0.15) is 25.7 Å². The molecule has 2 rings (SSSR count). The van der Waals surface area contributed by atoms with Crippen LogP contribution >= 0.6 is 0 Å². The van der Waals surface area contributed by atoms with E-state index in [2.05, 4.69) is 5.32 Å². The largest absolute Gasteiger partial charge is 0.317 e. The van der Waals surface area contributed by atoms with Gasteiger partial charge in [0.05, 0.1) is 6.07 Å². The molecule has 1 saturated heterocycles. The average Bonchev–Trinajstić information content (AvgIpc) is 2.40. The fraction of sp³-hybridized carbons (Fsp3) is 0.615. The zero-order valence-corrected chi connectivity index (χ0v) is 9.98. The van der Waals surface area contributed by atoms with Gasteiger partial charge in [-0.05, 0) is 38.4 Å². The third kappa shape index (κ3) is 2.05. The highest BCUT2D eigenvalue weighted by molar-refractivity contribution is 5.31. The SMILES string of the molecule is N#CC1(C(F)(F)C2=CC=C(F)CC2)CCNCC1. The number of rotatable bonds is 2. The molecular formula is C13H15F3N2. The van der Waals surface area contributed by atoms with Gasteiger partial charge in [0.25, 0.3) is 5.92 Å². The molecule has 0 radical (unpaired) electrons. The molecule has 0 atom stereocenters. The highest BCUT2D eigenvalue weighted by Gasteiger charge is 2.56. The smallest absolute Gasteiger partial charge is 0.288 e. The summed E-state index contributed by atoms with van der Waals surface area (Å²) in [5, 5.41) is 12.2. The van der Waals surface area contributed by atoms with Crippen molar-refractivity contribution in [1.82, 2.24) is 5.32 Å². The summed E-state index contributed by atoms with van der Waals surface area (Å²) >= 11 is 0. The summed E-state index contributed by atoms with van der Waals surface area (Å²) in [6.07, 6.45) is 2.46. The molecular weight excluding hydrogens is 241 g/mol. The first-order valence-corrected chi connectivity index (χ1v) is 6.07. The maximum atomic E-state index is 14.5. The number of nitrogens with one attached hydrogen (secondary N) is 1. The Balaban J connectivity index is 2.32. The van der Waals surface area contributed by atoms with Gasteiger partial charge >= 0.3 is 0 Å². The van der Waals surface area contributed by atoms with Crippen LogP contribution in [0.15, 0.2) is 23.6 Å². The van der Waals surface area contributed by atoms with Crippen molar-refractivity contribution in [1.29, 1.82) is 5.26 Å². The van der Waals surface area contributed by atoms with Crippen LogP contribution in [0.4, 0.5) is 13.2 Å². The molecule has 1 N–H and O–H groups in total. The molecule has 0 spiro atoms. The van der Waals surface area contributed by atoms with Crippen molar-refractivity contribution < 1.29 is 13.2 Å². The van der Waals surface area contributed by atoms with Gasteiger partial charge in [0, 0.05) is 12.0 Å². The van der Waals surface area contributed by atoms with E-state index in [4.69, 9.17) is 0 Å². The summed E-state index contributed by atoms with van der Waals surface area (Å²) in [5.41, 5.74) is -1.77. The van der Waals surface area contributed by atoms with E-state index in [1.54, 1.807) is 0 Å². The number of piperidine rings is 1. The van der Waals surface area contributed by atoms with Crippen molar-refractivity contribution in [2.75, 3.05) is 13.1 Å². The van der Waals surface area contributed by atoms with E-state index in [-0.39, 0.29) is 37.1 Å². The molecule has 2 nitrogen and oxygen atoms in total. The van der Waals surface area contributed by atoms with E-state index in [1.807, 2.05) is 6.07 Å². The molecule has 0 bridgehead atoms. The van der Waals surface area contributed by atoms with Crippen molar-refractivity contribution in [2.45, 2.75) is 31.6 Å². The molecule has 0 amide bonds. The molecule has 0 aromatic carbocycles. The monoisotopic (exact) mass is 256 g/mol. The third-order valence-corrected chi connectivity index (χ3v) is 3.77. The van der Waals surface area contributed by atoms with E-state index in [0.29, 0.717) is 13.1 Å². The van der Waals surface area contributed by atoms with Gasteiger partial charge in [-0.15, -0.1) is 0 Å². The molecule has 18 heavy (non-hydrogen) atoms. The van der Waals surface area contributed by atoms with Gasteiger partial charge in [-0.25, -0.2) is 4.39 Å². The van der Waals surface area contributed by atoms with Crippen LogP contribution < -0.4 is 5.32 Å². The van der Waals surface area contributed by atoms with E-state index in [0.717, 1.165) is 12.2 Å². The highest BCUT2D eigenvalue weighted by Crippen LogP contribution is 2.49. The lowest BCUT2D eigenvalue weighted by atomic mass is 9.71.